The number of rotatable bonds is 5. The zero-order chi connectivity index (χ0) is 17.9. The fourth-order valence-electron chi connectivity index (χ4n) is 2.86. The molecule has 0 aliphatic carbocycles. The van der Waals surface area contributed by atoms with E-state index in [0.29, 0.717) is 11.4 Å². The van der Waals surface area contributed by atoms with Crippen molar-refractivity contribution >= 4 is 23.2 Å². The van der Waals surface area contributed by atoms with E-state index >= 15 is 0 Å². The van der Waals surface area contributed by atoms with Crippen molar-refractivity contribution in [3.05, 3.63) is 60.7 Å². The first-order valence-corrected chi connectivity index (χ1v) is 7.98. The van der Waals surface area contributed by atoms with Crippen molar-refractivity contribution in [2.45, 2.75) is 24.9 Å². The normalized spacial score (nSPS) is 16.2. The summed E-state index contributed by atoms with van der Waals surface area (Å²) in [5, 5.41) is 21.9. The zero-order valence-corrected chi connectivity index (χ0v) is 13.5. The molecule has 25 heavy (non-hydrogen) atoms. The molecule has 1 aliphatic heterocycles. The summed E-state index contributed by atoms with van der Waals surface area (Å²) in [6, 6.07) is 19.4. The maximum Gasteiger partial charge on any atom is 0.288 e. The molecule has 1 heterocycles. The van der Waals surface area contributed by atoms with Crippen LogP contribution in [0.3, 0.4) is 0 Å². The molecule has 0 unspecified atom stereocenters. The Morgan fingerprint density at radius 2 is 1.32 bits per heavy atom. The van der Waals surface area contributed by atoms with Crippen LogP contribution in [0.1, 0.15) is 19.3 Å². The summed E-state index contributed by atoms with van der Waals surface area (Å²) in [6.07, 6.45) is 0.334. The molecule has 1 aliphatic rings. The van der Waals surface area contributed by atoms with Gasteiger partial charge in [-0.15, -0.1) is 0 Å². The van der Waals surface area contributed by atoms with E-state index in [1.807, 2.05) is 6.07 Å². The van der Waals surface area contributed by atoms with Gasteiger partial charge in [-0.1, -0.05) is 36.4 Å². The van der Waals surface area contributed by atoms with Crippen LogP contribution in [0.4, 0.5) is 11.4 Å². The number of hydrazine groups is 1. The van der Waals surface area contributed by atoms with Gasteiger partial charge in [0.25, 0.3) is 11.8 Å². The average molecular weight is 335 g/mol. The second kappa shape index (κ2) is 6.75. The lowest BCUT2D eigenvalue weighted by Gasteiger charge is -2.27. The summed E-state index contributed by atoms with van der Waals surface area (Å²) in [5.41, 5.74) is -1.19. The molecule has 0 atom stereocenters. The standard InChI is InChI=1S/C19H17N3O3/c20-14-8-7-13-19(25)17(23)21(15-9-3-1-4-10-15)22(18(19)24)16-11-5-2-6-12-16/h1-6,9-12,25H,7-8,13H2. The number of anilines is 2. The molecule has 0 saturated carbocycles. The van der Waals surface area contributed by atoms with E-state index < -0.39 is 17.4 Å². The van der Waals surface area contributed by atoms with Gasteiger partial charge in [0.1, 0.15) is 0 Å². The van der Waals surface area contributed by atoms with E-state index in [9.17, 15) is 14.7 Å². The fraction of sp³-hybridized carbons (Fsp3) is 0.211. The van der Waals surface area contributed by atoms with Crippen LogP contribution in [0.2, 0.25) is 0 Å². The third-order valence-corrected chi connectivity index (χ3v) is 4.12. The van der Waals surface area contributed by atoms with Crippen molar-refractivity contribution < 1.29 is 14.7 Å². The number of benzene rings is 2. The molecule has 3 rings (SSSR count). The maximum atomic E-state index is 12.9. The summed E-state index contributed by atoms with van der Waals surface area (Å²) in [7, 11) is 0. The lowest BCUT2D eigenvalue weighted by Crippen LogP contribution is -2.44. The molecule has 6 nitrogen and oxygen atoms in total. The number of hydrogen-bond donors (Lipinski definition) is 1. The van der Waals surface area contributed by atoms with Crippen LogP contribution in [-0.4, -0.2) is 22.5 Å². The molecule has 1 N–H and O–H groups in total. The Kier molecular flexibility index (Phi) is 4.50. The molecule has 2 amide bonds. The van der Waals surface area contributed by atoms with Gasteiger partial charge in [-0.05, 0) is 37.1 Å². The summed E-state index contributed by atoms with van der Waals surface area (Å²) >= 11 is 0. The van der Waals surface area contributed by atoms with E-state index in [1.54, 1.807) is 60.7 Å². The van der Waals surface area contributed by atoms with Gasteiger partial charge in [-0.2, -0.15) is 5.26 Å². The summed E-state index contributed by atoms with van der Waals surface area (Å²) in [4.78, 5) is 25.9. The minimum absolute atomic E-state index is 0.0924. The van der Waals surface area contributed by atoms with E-state index in [4.69, 9.17) is 5.26 Å². The number of nitrogens with zero attached hydrogens (tertiary/aromatic N) is 3. The third kappa shape index (κ3) is 2.86. The average Bonchev–Trinajstić information content (AvgIpc) is 2.85. The molecular weight excluding hydrogens is 318 g/mol. The summed E-state index contributed by atoms with van der Waals surface area (Å²) in [6.45, 7) is 0. The molecular formula is C19H17N3O3. The van der Waals surface area contributed by atoms with Gasteiger partial charge < -0.3 is 5.11 Å². The fourth-order valence-corrected chi connectivity index (χ4v) is 2.86. The Morgan fingerprint density at radius 1 is 0.880 bits per heavy atom. The highest BCUT2D eigenvalue weighted by Crippen LogP contribution is 2.36. The quantitative estimate of drug-likeness (QED) is 0.672. The second-order valence-corrected chi connectivity index (χ2v) is 5.78. The Hall–Kier alpha value is -3.17. The highest BCUT2D eigenvalue weighted by Gasteiger charge is 2.58. The Balaban J connectivity index is 2.06. The first-order chi connectivity index (χ1) is 12.1. The lowest BCUT2D eigenvalue weighted by atomic mass is 9.95. The van der Waals surface area contributed by atoms with Crippen LogP contribution >= 0.6 is 0 Å². The van der Waals surface area contributed by atoms with Crippen molar-refractivity contribution in [2.24, 2.45) is 0 Å². The van der Waals surface area contributed by atoms with Gasteiger partial charge in [0.15, 0.2) is 0 Å². The SMILES string of the molecule is N#CCCCC1(O)C(=O)N(c2ccccc2)N(c2ccccc2)C1=O. The van der Waals surface area contributed by atoms with Crippen molar-refractivity contribution in [3.63, 3.8) is 0 Å². The van der Waals surface area contributed by atoms with Crippen molar-refractivity contribution in [1.29, 1.82) is 5.26 Å². The van der Waals surface area contributed by atoms with Crippen molar-refractivity contribution in [1.82, 2.24) is 0 Å². The highest BCUT2D eigenvalue weighted by molar-refractivity contribution is 6.28. The number of carbonyl (C=O) groups excluding carboxylic acids is 2. The minimum atomic E-state index is -2.16. The molecule has 0 radical (unpaired) electrons. The van der Waals surface area contributed by atoms with Crippen LogP contribution < -0.4 is 10.0 Å². The molecule has 1 fully saturated rings. The van der Waals surface area contributed by atoms with E-state index in [-0.39, 0.29) is 19.3 Å². The number of unbranched alkanes of at least 4 members (excludes halogenated alkanes) is 1. The third-order valence-electron chi connectivity index (χ3n) is 4.12. The predicted octanol–water partition coefficient (Wildman–Crippen LogP) is 2.41. The summed E-state index contributed by atoms with van der Waals surface area (Å²) < 4.78 is 0. The molecule has 1 saturated heterocycles. The van der Waals surface area contributed by atoms with E-state index in [0.717, 1.165) is 0 Å². The molecule has 2 aromatic carbocycles. The molecule has 2 aromatic rings. The Morgan fingerprint density at radius 3 is 1.72 bits per heavy atom. The first kappa shape index (κ1) is 16.7. The van der Waals surface area contributed by atoms with Gasteiger partial charge in [0.05, 0.1) is 17.4 Å². The van der Waals surface area contributed by atoms with Crippen LogP contribution in [0.15, 0.2) is 60.7 Å². The minimum Gasteiger partial charge on any atom is -0.371 e. The maximum absolute atomic E-state index is 12.9. The van der Waals surface area contributed by atoms with Gasteiger partial charge >= 0.3 is 0 Å². The second-order valence-electron chi connectivity index (χ2n) is 5.78. The number of amides is 2. The highest BCUT2D eigenvalue weighted by atomic mass is 16.3. The largest absolute Gasteiger partial charge is 0.371 e. The van der Waals surface area contributed by atoms with Crippen LogP contribution in [0.25, 0.3) is 0 Å². The number of para-hydroxylation sites is 2. The molecule has 6 heteroatoms. The van der Waals surface area contributed by atoms with E-state index in [1.165, 1.54) is 10.0 Å². The number of hydrogen-bond acceptors (Lipinski definition) is 4. The molecule has 0 bridgehead atoms. The Labute approximate surface area is 145 Å². The molecule has 0 aromatic heterocycles. The van der Waals surface area contributed by atoms with E-state index in [2.05, 4.69) is 0 Å². The van der Waals surface area contributed by atoms with Crippen LogP contribution in [0.5, 0.6) is 0 Å². The first-order valence-electron chi connectivity index (χ1n) is 7.98. The topological polar surface area (TPSA) is 84.6 Å². The van der Waals surface area contributed by atoms with Gasteiger partial charge in [0, 0.05) is 6.42 Å². The summed E-state index contributed by atoms with van der Waals surface area (Å²) in [5.74, 6) is -1.41. The number of nitriles is 1. The van der Waals surface area contributed by atoms with Crippen LogP contribution in [-0.2, 0) is 9.59 Å². The van der Waals surface area contributed by atoms with Crippen molar-refractivity contribution in [2.75, 3.05) is 10.0 Å². The monoisotopic (exact) mass is 335 g/mol. The smallest absolute Gasteiger partial charge is 0.288 e. The zero-order valence-electron chi connectivity index (χ0n) is 13.5. The molecule has 126 valence electrons. The number of aliphatic hydroxyl groups is 1. The van der Waals surface area contributed by atoms with Gasteiger partial charge in [0.2, 0.25) is 5.60 Å². The predicted molar refractivity (Wildman–Crippen MR) is 92.3 cm³/mol. The van der Waals surface area contributed by atoms with Crippen LogP contribution in [0, 0.1) is 11.3 Å². The Bertz CT molecular complexity index is 757. The molecule has 0 spiro atoms. The van der Waals surface area contributed by atoms with Gasteiger partial charge in [-0.25, -0.2) is 10.0 Å². The van der Waals surface area contributed by atoms with Gasteiger partial charge in [-0.3, -0.25) is 9.59 Å². The number of carbonyl (C=O) groups is 2. The lowest BCUT2D eigenvalue weighted by molar-refractivity contribution is -0.145. The van der Waals surface area contributed by atoms with Crippen molar-refractivity contribution in [3.8, 4) is 6.07 Å².